The second-order valence-corrected chi connectivity index (χ2v) is 30.4. The Morgan fingerprint density at radius 2 is 0.395 bits per heavy atom. The quantitative estimate of drug-likeness (QED) is 0.0926. The van der Waals surface area contributed by atoms with Gasteiger partial charge in [-0.1, -0.05) is 173 Å². The van der Waals surface area contributed by atoms with Crippen molar-refractivity contribution in [3.05, 3.63) is 334 Å². The molecule has 22 rings (SSSR count). The van der Waals surface area contributed by atoms with E-state index in [4.69, 9.17) is 44.9 Å². The maximum Gasteiger partial charge on any atom is 0.0886 e. The van der Waals surface area contributed by atoms with Crippen LogP contribution in [-0.2, 0) is 38.5 Å². The molecule has 3 N–H and O–H groups in total. The molecule has 0 unspecified atom stereocenters. The Morgan fingerprint density at radius 3 is 0.579 bits per heavy atom. The second-order valence-electron chi connectivity index (χ2n) is 30.4. The Kier molecular flexibility index (Phi) is 21.4. The van der Waals surface area contributed by atoms with Crippen molar-refractivity contribution in [1.29, 1.82) is 0 Å². The molecule has 0 amide bonds. The largest absolute Gasteiger partial charge is 0.354 e. The summed E-state index contributed by atoms with van der Waals surface area (Å²) in [5.41, 5.74) is 48.5. The van der Waals surface area contributed by atoms with Crippen LogP contribution in [0.4, 0.5) is 0 Å². The molecule has 570 valence electrons. The van der Waals surface area contributed by atoms with Crippen LogP contribution >= 0.6 is 0 Å². The van der Waals surface area contributed by atoms with Crippen LogP contribution in [0.25, 0.3) is 84.7 Å². The molecule has 3 aromatic carbocycles. The molecule has 12 aromatic rings. The van der Waals surface area contributed by atoms with Crippen molar-refractivity contribution in [1.82, 2.24) is 44.9 Å². The number of rotatable bonds is 15. The van der Waals surface area contributed by atoms with E-state index in [2.05, 4.69) is 264 Å². The van der Waals surface area contributed by atoms with Crippen molar-refractivity contribution in [2.45, 2.75) is 181 Å². The number of aromatic nitrogens is 9. The van der Waals surface area contributed by atoms with Gasteiger partial charge in [-0.25, -0.2) is 15.0 Å². The number of nitrogens with one attached hydrogen (secondary N) is 3. The Bertz CT molecular complexity index is 5420. The number of hydrogen-bond acceptors (Lipinski definition) is 9. The number of H-pyrrole nitrogens is 3. The van der Waals surface area contributed by atoms with Gasteiger partial charge in [-0.2, -0.15) is 0 Å². The summed E-state index contributed by atoms with van der Waals surface area (Å²) in [6.45, 7) is 33.7. The van der Waals surface area contributed by atoms with Crippen LogP contribution in [0.15, 0.2) is 248 Å². The average Bonchev–Trinajstić information content (AvgIpc) is 1.60. The van der Waals surface area contributed by atoms with Crippen molar-refractivity contribution in [3.63, 3.8) is 0 Å². The fourth-order valence-corrected chi connectivity index (χ4v) is 18.2. The van der Waals surface area contributed by atoms with Gasteiger partial charge in [0, 0.05) is 87.3 Å². The molecule has 0 atom stereocenters. The smallest absolute Gasteiger partial charge is 0.0886 e. The Labute approximate surface area is 672 Å². The number of fused-ring (bicyclic) bond motifs is 6. The summed E-state index contributed by atoms with van der Waals surface area (Å²) in [7, 11) is 0. The van der Waals surface area contributed by atoms with Crippen LogP contribution < -0.4 is 0 Å². The minimum Gasteiger partial charge on any atom is -0.354 e. The zero-order chi connectivity index (χ0) is 79.2. The van der Waals surface area contributed by atoms with E-state index < -0.39 is 0 Å². The molecule has 12 nitrogen and oxygen atoms in total. The highest BCUT2D eigenvalue weighted by Gasteiger charge is 2.35. The van der Waals surface area contributed by atoms with Gasteiger partial charge in [0.2, 0.25) is 0 Å². The summed E-state index contributed by atoms with van der Waals surface area (Å²) in [4.78, 5) is 60.8. The van der Waals surface area contributed by atoms with E-state index >= 15 is 0 Å². The van der Waals surface area contributed by atoms with Gasteiger partial charge in [-0.15, -0.1) is 0 Å². The molecule has 10 aliphatic rings. The SMILES string of the molecule is CCC1=C(CC)C2=C(c3ccc(C)cc3)c3[nH]c(c(CC)c3CC)-c3ccc(nc3)-c3ccc(cn3)C3=N/C(=C(/c4ccc(C)cc4)c4[nH]c(c(CC)c4CC)-c4ccc(nc4)-c4ccc(cn4)C4=N/C(=C(/c5ccc(C)cc5)c5[nH]c(c(CC)c5CC)-c5ccc(nc5)-c5ccc(cn5)C1=N2)C(CC)=C4CC)C(CC)=C3CC. The fourth-order valence-electron chi connectivity index (χ4n) is 18.2. The molecular weight excluding hydrogens is 1390 g/mol. The number of aromatic amines is 3. The summed E-state index contributed by atoms with van der Waals surface area (Å²) in [5.74, 6) is 0. The molecule has 0 aliphatic carbocycles. The zero-order valence-corrected chi connectivity index (χ0v) is 68.8. The molecule has 0 saturated carbocycles. The Hall–Kier alpha value is -12.2. The van der Waals surface area contributed by atoms with Crippen molar-refractivity contribution in [3.8, 4) is 67.9 Å². The predicted molar refractivity (Wildman–Crippen MR) is 472 cm³/mol. The Balaban J connectivity index is 0.871. The summed E-state index contributed by atoms with van der Waals surface area (Å²) in [6.07, 6.45) is 21.9. The monoisotopic (exact) mass is 1490 g/mol. The van der Waals surface area contributed by atoms with Gasteiger partial charge < -0.3 is 15.0 Å². The molecule has 9 aromatic heterocycles. The van der Waals surface area contributed by atoms with Gasteiger partial charge in [0.25, 0.3) is 0 Å². The predicted octanol–water partition coefficient (Wildman–Crippen LogP) is 24.8. The fraction of sp³-hybridized carbons (Fsp3) is 0.265. The maximum atomic E-state index is 5.78. The third-order valence-corrected chi connectivity index (χ3v) is 23.9. The van der Waals surface area contributed by atoms with Crippen LogP contribution in [0.3, 0.4) is 0 Å². The molecular formula is C102H102N12. The molecule has 114 heavy (non-hydrogen) atoms. The van der Waals surface area contributed by atoms with Crippen LogP contribution in [0.5, 0.6) is 0 Å². The number of allylic oxidation sites excluding steroid dienone is 6. The number of hydrogen-bond donors (Lipinski definition) is 3. The minimum absolute atomic E-state index is 0.794. The first kappa shape index (κ1) is 75.9. The van der Waals surface area contributed by atoms with Crippen molar-refractivity contribution in [2.24, 2.45) is 15.0 Å². The molecule has 0 saturated heterocycles. The normalized spacial score (nSPS) is 15.6. The first-order chi connectivity index (χ1) is 55.7. The van der Waals surface area contributed by atoms with E-state index in [9.17, 15) is 0 Å². The Morgan fingerprint density at radius 1 is 0.202 bits per heavy atom. The summed E-state index contributed by atoms with van der Waals surface area (Å²) in [6, 6.07) is 52.7. The first-order valence-electron chi connectivity index (χ1n) is 41.6. The van der Waals surface area contributed by atoms with E-state index in [1.807, 2.05) is 37.2 Å². The van der Waals surface area contributed by atoms with E-state index in [0.29, 0.717) is 0 Å². The van der Waals surface area contributed by atoms with Crippen LogP contribution in [0.2, 0.25) is 0 Å². The molecule has 0 fully saturated rings. The van der Waals surface area contributed by atoms with Gasteiger partial charge in [0.1, 0.15) is 0 Å². The van der Waals surface area contributed by atoms with Crippen molar-refractivity contribution >= 4 is 33.9 Å². The van der Waals surface area contributed by atoms with E-state index in [-0.39, 0.29) is 0 Å². The molecule has 19 heterocycles. The van der Waals surface area contributed by atoms with E-state index in [0.717, 1.165) is 246 Å². The lowest BCUT2D eigenvalue weighted by Crippen LogP contribution is -2.03. The molecule has 24 bridgehead atoms. The van der Waals surface area contributed by atoms with E-state index in [1.165, 1.54) is 83.5 Å². The number of pyridine rings is 6. The van der Waals surface area contributed by atoms with Crippen LogP contribution in [-0.4, -0.2) is 62.0 Å². The lowest BCUT2D eigenvalue weighted by atomic mass is 9.90. The molecule has 12 heteroatoms. The second kappa shape index (κ2) is 32.1. The van der Waals surface area contributed by atoms with Gasteiger partial charge in [-0.3, -0.25) is 29.9 Å². The third kappa shape index (κ3) is 13.4. The standard InChI is InChI=1S/C102H102N12/c1-16-70-76(22-7)97-88(61-34-28-58(13)29-35-61)98-77(23-8)71(17-2)92(110-98)65-42-48-84(105-53-65)85-49-43-67(55-106-85)94-74(20-5)80(26-11)101(113-94)90(63-38-32-60(15)33-39-63)102-81(27-12)75(21-6)96(114-102)69-45-51-87(108-57-69)86-50-44-68(56-107-86)95-73(19-4)79(25-10)100(112-95)89(62-36-30-59(14)31-37-62)99-78(24-9)72(18-3)93(111-99)66-41-47-83(104-54-66)82-46-40-64(52-103-82)91(70)109-97/h28-57,109,112-113H,16-27H2,1-15H3/b83-82?,85-84?,87-86?,91-64?,92-65?,93-66?,94-67?,95-68?,96-69?,97-88?,98-88-,99-89-,100-89?,101-90?,102-90?. The minimum atomic E-state index is 0.794. The van der Waals surface area contributed by atoms with Gasteiger partial charge in [0.15, 0.2) is 0 Å². The van der Waals surface area contributed by atoms with Gasteiger partial charge in [-0.05, 0) is 254 Å². The highest BCUT2D eigenvalue weighted by Crippen LogP contribution is 2.48. The maximum absolute atomic E-state index is 5.78. The van der Waals surface area contributed by atoms with Crippen molar-refractivity contribution < 1.29 is 0 Å². The van der Waals surface area contributed by atoms with Crippen LogP contribution in [0, 0.1) is 20.8 Å². The zero-order valence-electron chi connectivity index (χ0n) is 68.8. The number of nitrogens with zero attached hydrogens (tertiary/aromatic N) is 9. The average molecular weight is 1500 g/mol. The third-order valence-electron chi connectivity index (χ3n) is 23.9. The first-order valence-corrected chi connectivity index (χ1v) is 41.6. The highest BCUT2D eigenvalue weighted by molar-refractivity contribution is 6.19. The van der Waals surface area contributed by atoms with Gasteiger partial charge >= 0.3 is 0 Å². The summed E-state index contributed by atoms with van der Waals surface area (Å²) in [5, 5.41) is 0. The number of aryl methyl sites for hydroxylation is 3. The lowest BCUT2D eigenvalue weighted by molar-refractivity contribution is 1.04. The lowest BCUT2D eigenvalue weighted by Gasteiger charge is -2.15. The number of benzene rings is 3. The van der Waals surface area contributed by atoms with Crippen LogP contribution in [0.1, 0.15) is 222 Å². The molecule has 0 radical (unpaired) electrons. The van der Waals surface area contributed by atoms with Crippen molar-refractivity contribution in [2.75, 3.05) is 0 Å². The highest BCUT2D eigenvalue weighted by atomic mass is 14.9. The topological polar surface area (TPSA) is 162 Å². The molecule has 10 aliphatic heterocycles. The number of aliphatic imine (C=N–C) groups is 3. The van der Waals surface area contributed by atoms with Gasteiger partial charge in [0.05, 0.1) is 103 Å². The summed E-state index contributed by atoms with van der Waals surface area (Å²) >= 11 is 0. The van der Waals surface area contributed by atoms with E-state index in [1.54, 1.807) is 0 Å². The summed E-state index contributed by atoms with van der Waals surface area (Å²) < 4.78 is 0. The molecule has 0 spiro atoms.